The maximum Gasteiger partial charge on any atom is 0.132 e. The number of rotatable bonds is 10. The van der Waals surface area contributed by atoms with Crippen LogP contribution < -0.4 is 10.6 Å². The summed E-state index contributed by atoms with van der Waals surface area (Å²) in [5.41, 5.74) is 7.20. The van der Waals surface area contributed by atoms with Gasteiger partial charge in [0.05, 0.1) is 0 Å². The normalized spacial score (nSPS) is 19.9. The van der Waals surface area contributed by atoms with Gasteiger partial charge in [0.1, 0.15) is 11.6 Å². The Morgan fingerprint density at radius 3 is 2.34 bits per heavy atom. The average Bonchev–Trinajstić information content (AvgIpc) is 3.59. The first-order valence-corrected chi connectivity index (χ1v) is 13.5. The van der Waals surface area contributed by atoms with Gasteiger partial charge >= 0.3 is 0 Å². The van der Waals surface area contributed by atoms with Gasteiger partial charge < -0.3 is 15.6 Å². The number of pyridine rings is 1. The summed E-state index contributed by atoms with van der Waals surface area (Å²) in [7, 11) is 0. The Hall–Kier alpha value is -3.01. The van der Waals surface area contributed by atoms with Crippen molar-refractivity contribution in [3.8, 4) is 0 Å². The van der Waals surface area contributed by atoms with Gasteiger partial charge in [0.15, 0.2) is 0 Å². The molecule has 0 atom stereocenters. The number of H-pyrrole nitrogens is 1. The standard InChI is InChI=1S/C31H40N4/c1-4-22(3)33-28-13-9-25(10-14-28)17-29-18-27(19-31(34-29)35-30-15-21(2)20-32-30)26-11-7-24(8-12-26)16-23-5-6-23/h9-10,13-15,18-20,23-24,26,32-33H,3-8,11-12,16-17H2,1-2H3,(H,34,35). The largest absolute Gasteiger partial charge is 0.359 e. The molecule has 1 aromatic carbocycles. The van der Waals surface area contributed by atoms with Crippen LogP contribution in [0.15, 0.2) is 60.9 Å². The zero-order chi connectivity index (χ0) is 24.2. The van der Waals surface area contributed by atoms with E-state index in [4.69, 9.17) is 4.98 Å². The zero-order valence-corrected chi connectivity index (χ0v) is 21.4. The van der Waals surface area contributed by atoms with Crippen molar-refractivity contribution in [1.29, 1.82) is 0 Å². The third kappa shape index (κ3) is 6.56. The Balaban J connectivity index is 1.33. The van der Waals surface area contributed by atoms with Crippen LogP contribution in [-0.4, -0.2) is 9.97 Å². The van der Waals surface area contributed by atoms with Crippen molar-refractivity contribution in [3.63, 3.8) is 0 Å². The van der Waals surface area contributed by atoms with Crippen LogP contribution in [0.25, 0.3) is 0 Å². The van der Waals surface area contributed by atoms with E-state index in [-0.39, 0.29) is 0 Å². The monoisotopic (exact) mass is 468 g/mol. The predicted octanol–water partition coefficient (Wildman–Crippen LogP) is 8.46. The number of aromatic nitrogens is 2. The van der Waals surface area contributed by atoms with E-state index in [0.717, 1.165) is 53.4 Å². The van der Waals surface area contributed by atoms with E-state index in [1.54, 1.807) is 0 Å². The van der Waals surface area contributed by atoms with Crippen molar-refractivity contribution in [2.45, 2.75) is 77.6 Å². The number of anilines is 3. The van der Waals surface area contributed by atoms with E-state index in [1.807, 2.05) is 6.20 Å². The van der Waals surface area contributed by atoms with Crippen LogP contribution in [0.2, 0.25) is 0 Å². The van der Waals surface area contributed by atoms with Crippen LogP contribution in [0.1, 0.15) is 86.6 Å². The van der Waals surface area contributed by atoms with E-state index in [1.165, 1.54) is 61.6 Å². The number of allylic oxidation sites excluding steroid dienone is 1. The number of hydrogen-bond donors (Lipinski definition) is 3. The molecular weight excluding hydrogens is 428 g/mol. The first-order valence-electron chi connectivity index (χ1n) is 13.5. The Morgan fingerprint density at radius 2 is 1.71 bits per heavy atom. The van der Waals surface area contributed by atoms with Crippen LogP contribution in [0, 0.1) is 18.8 Å². The number of hydrogen-bond acceptors (Lipinski definition) is 3. The fraction of sp³-hybridized carbons (Fsp3) is 0.452. The minimum atomic E-state index is 0.643. The molecule has 5 rings (SSSR count). The Bertz CT molecular complexity index is 1130. The lowest BCUT2D eigenvalue weighted by Crippen LogP contribution is -2.14. The molecular formula is C31H40N4. The highest BCUT2D eigenvalue weighted by atomic mass is 15.1. The maximum absolute atomic E-state index is 5.01. The molecule has 0 amide bonds. The molecule has 2 aliphatic carbocycles. The van der Waals surface area contributed by atoms with E-state index in [9.17, 15) is 0 Å². The van der Waals surface area contributed by atoms with Crippen molar-refractivity contribution in [3.05, 3.63) is 83.3 Å². The average molecular weight is 469 g/mol. The van der Waals surface area contributed by atoms with Gasteiger partial charge in [0.2, 0.25) is 0 Å². The van der Waals surface area contributed by atoms with Gasteiger partial charge in [-0.3, -0.25) is 0 Å². The van der Waals surface area contributed by atoms with E-state index < -0.39 is 0 Å². The van der Waals surface area contributed by atoms with Crippen LogP contribution in [-0.2, 0) is 6.42 Å². The maximum atomic E-state index is 5.01. The Kier molecular flexibility index (Phi) is 7.26. The van der Waals surface area contributed by atoms with Crippen LogP contribution in [0.3, 0.4) is 0 Å². The van der Waals surface area contributed by atoms with Gasteiger partial charge in [-0.1, -0.05) is 38.5 Å². The summed E-state index contributed by atoms with van der Waals surface area (Å²) in [6, 6.07) is 15.5. The molecule has 0 saturated heterocycles. The highest BCUT2D eigenvalue weighted by Gasteiger charge is 2.29. The predicted molar refractivity (Wildman–Crippen MR) is 147 cm³/mol. The zero-order valence-electron chi connectivity index (χ0n) is 21.4. The molecule has 3 N–H and O–H groups in total. The van der Waals surface area contributed by atoms with Crippen molar-refractivity contribution in [2.24, 2.45) is 11.8 Å². The third-order valence-electron chi connectivity index (χ3n) is 7.76. The number of nitrogens with zero attached hydrogens (tertiary/aromatic N) is 1. The van der Waals surface area contributed by atoms with E-state index >= 15 is 0 Å². The van der Waals surface area contributed by atoms with Gasteiger partial charge in [0, 0.05) is 29.7 Å². The second-order valence-electron chi connectivity index (χ2n) is 10.8. The summed E-state index contributed by atoms with van der Waals surface area (Å²) < 4.78 is 0. The Morgan fingerprint density at radius 1 is 1.00 bits per heavy atom. The second-order valence-corrected chi connectivity index (χ2v) is 10.8. The molecule has 2 heterocycles. The minimum Gasteiger partial charge on any atom is -0.359 e. The van der Waals surface area contributed by atoms with Gasteiger partial charge in [-0.2, -0.15) is 0 Å². The molecule has 35 heavy (non-hydrogen) atoms. The van der Waals surface area contributed by atoms with Gasteiger partial charge in [0.25, 0.3) is 0 Å². The molecule has 0 radical (unpaired) electrons. The van der Waals surface area contributed by atoms with Gasteiger partial charge in [-0.05, 0) is 110 Å². The van der Waals surface area contributed by atoms with Crippen molar-refractivity contribution < 1.29 is 0 Å². The smallest absolute Gasteiger partial charge is 0.132 e. The number of benzene rings is 1. The van der Waals surface area contributed by atoms with Crippen molar-refractivity contribution >= 4 is 17.3 Å². The SMILES string of the molecule is C=C(CC)Nc1ccc(Cc2cc(C3CCC(CC4CC4)CC3)cc(Nc3cc(C)c[nH]3)n2)cc1. The summed E-state index contributed by atoms with van der Waals surface area (Å²) in [5, 5.41) is 6.89. The molecule has 0 spiro atoms. The third-order valence-corrected chi connectivity index (χ3v) is 7.76. The molecule has 3 aromatic rings. The van der Waals surface area contributed by atoms with Crippen LogP contribution in [0.4, 0.5) is 17.3 Å². The topological polar surface area (TPSA) is 52.7 Å². The van der Waals surface area contributed by atoms with Gasteiger partial charge in [-0.25, -0.2) is 4.98 Å². The highest BCUT2D eigenvalue weighted by molar-refractivity contribution is 5.55. The lowest BCUT2D eigenvalue weighted by Gasteiger charge is -2.29. The summed E-state index contributed by atoms with van der Waals surface area (Å²) in [5.74, 6) is 4.58. The molecule has 4 nitrogen and oxygen atoms in total. The quantitative estimate of drug-likeness (QED) is 0.280. The molecule has 0 unspecified atom stereocenters. The van der Waals surface area contributed by atoms with Crippen LogP contribution in [0.5, 0.6) is 0 Å². The van der Waals surface area contributed by atoms with Crippen molar-refractivity contribution in [2.75, 3.05) is 10.6 Å². The number of aromatic amines is 1. The lowest BCUT2D eigenvalue weighted by molar-refractivity contribution is 0.299. The number of aryl methyl sites for hydroxylation is 1. The summed E-state index contributed by atoms with van der Waals surface area (Å²) in [6.07, 6.45) is 13.6. The fourth-order valence-electron chi connectivity index (χ4n) is 5.48. The van der Waals surface area contributed by atoms with Crippen molar-refractivity contribution in [1.82, 2.24) is 9.97 Å². The fourth-order valence-corrected chi connectivity index (χ4v) is 5.48. The minimum absolute atomic E-state index is 0.643. The second kappa shape index (κ2) is 10.7. The summed E-state index contributed by atoms with van der Waals surface area (Å²) in [4.78, 5) is 8.33. The molecule has 4 heteroatoms. The van der Waals surface area contributed by atoms with Gasteiger partial charge in [-0.15, -0.1) is 0 Å². The first kappa shape index (κ1) is 23.7. The van der Waals surface area contributed by atoms with E-state index in [2.05, 4.69) is 78.5 Å². The highest BCUT2D eigenvalue weighted by Crippen LogP contribution is 2.43. The summed E-state index contributed by atoms with van der Waals surface area (Å²) in [6.45, 7) is 8.26. The molecule has 2 aromatic heterocycles. The Labute approximate surface area is 210 Å². The molecule has 184 valence electrons. The lowest BCUT2D eigenvalue weighted by atomic mass is 9.77. The molecule has 2 fully saturated rings. The first-order chi connectivity index (χ1) is 17.0. The molecule has 2 saturated carbocycles. The number of nitrogens with one attached hydrogen (secondary N) is 3. The summed E-state index contributed by atoms with van der Waals surface area (Å²) >= 11 is 0. The van der Waals surface area contributed by atoms with Crippen LogP contribution >= 0.6 is 0 Å². The molecule has 0 aliphatic heterocycles. The molecule has 0 bridgehead atoms. The van der Waals surface area contributed by atoms with E-state index in [0.29, 0.717) is 5.92 Å². The molecule has 2 aliphatic rings.